The van der Waals surface area contributed by atoms with Gasteiger partial charge in [-0.25, -0.2) is 13.1 Å². The Morgan fingerprint density at radius 1 is 1.17 bits per heavy atom. The molecule has 0 saturated carbocycles. The van der Waals surface area contributed by atoms with Gasteiger partial charge in [-0.05, 0) is 29.8 Å². The van der Waals surface area contributed by atoms with Crippen LogP contribution in [0.1, 0.15) is 5.56 Å². The fourth-order valence-corrected chi connectivity index (χ4v) is 3.01. The van der Waals surface area contributed by atoms with Gasteiger partial charge < -0.3 is 4.90 Å². The minimum Gasteiger partial charge on any atom is -0.378 e. The Morgan fingerprint density at radius 3 is 2.33 bits per heavy atom. The average molecular weight is 353 g/mol. The lowest BCUT2D eigenvalue weighted by atomic mass is 10.2. The van der Waals surface area contributed by atoms with Gasteiger partial charge in [0.2, 0.25) is 15.8 Å². The Kier molecular flexibility index (Phi) is 5.15. The lowest BCUT2D eigenvalue weighted by molar-refractivity contribution is -0.387. The second-order valence-corrected chi connectivity index (χ2v) is 7.02. The quantitative estimate of drug-likeness (QED) is 0.635. The second kappa shape index (κ2) is 6.93. The van der Waals surface area contributed by atoms with Crippen LogP contribution in [0.25, 0.3) is 0 Å². The zero-order chi connectivity index (χ0) is 17.9. The summed E-state index contributed by atoms with van der Waals surface area (Å²) in [6.45, 7) is 0.0151. The third-order valence-corrected chi connectivity index (χ3v) is 4.74. The fourth-order valence-electron chi connectivity index (χ4n) is 1.97. The van der Waals surface area contributed by atoms with E-state index in [1.165, 1.54) is 0 Å². The minimum absolute atomic E-state index is 0.0151. The first-order valence-corrected chi connectivity index (χ1v) is 8.39. The molecule has 128 valence electrons. The molecular formula is C15H16FN3O4S. The van der Waals surface area contributed by atoms with Crippen molar-refractivity contribution in [2.45, 2.75) is 11.4 Å². The van der Waals surface area contributed by atoms with Gasteiger partial charge >= 0.3 is 5.69 Å². The number of halogens is 1. The van der Waals surface area contributed by atoms with E-state index in [0.29, 0.717) is 6.07 Å². The van der Waals surface area contributed by atoms with Crippen LogP contribution in [-0.2, 0) is 16.6 Å². The summed E-state index contributed by atoms with van der Waals surface area (Å²) in [6.07, 6.45) is 0. The van der Waals surface area contributed by atoms with Gasteiger partial charge in [0, 0.05) is 32.4 Å². The summed E-state index contributed by atoms with van der Waals surface area (Å²) in [4.78, 5) is 11.3. The van der Waals surface area contributed by atoms with Gasteiger partial charge in [-0.2, -0.15) is 4.39 Å². The van der Waals surface area contributed by atoms with Gasteiger partial charge in [-0.3, -0.25) is 10.1 Å². The summed E-state index contributed by atoms with van der Waals surface area (Å²) in [5, 5.41) is 10.7. The van der Waals surface area contributed by atoms with E-state index in [0.717, 1.165) is 23.4 Å². The van der Waals surface area contributed by atoms with Crippen LogP contribution in [0.5, 0.6) is 0 Å². The standard InChI is InChI=1S/C15H16FN3O4S/c1-18(2)12-5-3-11(4-6-12)10-17-24(22,23)13-7-8-14(16)15(9-13)19(20)21/h3-9,17H,10H2,1-2H3. The molecule has 0 atom stereocenters. The summed E-state index contributed by atoms with van der Waals surface area (Å²) in [7, 11) is -0.213. The van der Waals surface area contributed by atoms with Gasteiger partial charge in [0.05, 0.1) is 9.82 Å². The number of anilines is 1. The summed E-state index contributed by atoms with van der Waals surface area (Å²) >= 11 is 0. The Labute approximate surface area is 138 Å². The highest BCUT2D eigenvalue weighted by molar-refractivity contribution is 7.89. The van der Waals surface area contributed by atoms with Crippen molar-refractivity contribution in [2.75, 3.05) is 19.0 Å². The van der Waals surface area contributed by atoms with Crippen LogP contribution in [0.2, 0.25) is 0 Å². The molecule has 0 aliphatic rings. The highest BCUT2D eigenvalue weighted by Gasteiger charge is 2.21. The van der Waals surface area contributed by atoms with Crippen molar-refractivity contribution in [2.24, 2.45) is 0 Å². The largest absolute Gasteiger partial charge is 0.378 e. The number of sulfonamides is 1. The molecule has 2 aromatic carbocycles. The number of benzene rings is 2. The van der Waals surface area contributed by atoms with Crippen LogP contribution in [0.3, 0.4) is 0 Å². The van der Waals surface area contributed by atoms with Gasteiger partial charge in [-0.15, -0.1) is 0 Å². The van der Waals surface area contributed by atoms with Crippen LogP contribution < -0.4 is 9.62 Å². The summed E-state index contributed by atoms with van der Waals surface area (Å²) in [5.41, 5.74) is 0.810. The molecule has 0 unspecified atom stereocenters. The normalized spacial score (nSPS) is 11.3. The Bertz CT molecular complexity index is 852. The van der Waals surface area contributed by atoms with Crippen LogP contribution in [0.15, 0.2) is 47.4 Å². The number of nitrogens with one attached hydrogen (secondary N) is 1. The van der Waals surface area contributed by atoms with Crippen molar-refractivity contribution >= 4 is 21.4 Å². The average Bonchev–Trinajstić information content (AvgIpc) is 2.53. The SMILES string of the molecule is CN(C)c1ccc(CNS(=O)(=O)c2ccc(F)c([N+](=O)[O-])c2)cc1. The molecule has 0 radical (unpaired) electrons. The lowest BCUT2D eigenvalue weighted by Gasteiger charge is -2.13. The molecule has 0 bridgehead atoms. The molecule has 0 saturated heterocycles. The van der Waals surface area contributed by atoms with Crippen molar-refractivity contribution in [1.29, 1.82) is 0 Å². The van der Waals surface area contributed by atoms with E-state index in [9.17, 15) is 22.9 Å². The number of rotatable bonds is 6. The first-order valence-electron chi connectivity index (χ1n) is 6.90. The molecule has 2 aromatic rings. The molecule has 0 fully saturated rings. The highest BCUT2D eigenvalue weighted by atomic mass is 32.2. The molecule has 1 N–H and O–H groups in total. The van der Waals surface area contributed by atoms with Crippen molar-refractivity contribution in [3.05, 3.63) is 64.0 Å². The zero-order valence-corrected chi connectivity index (χ0v) is 13.9. The predicted octanol–water partition coefficient (Wildman–Crippen LogP) is 2.28. The molecule has 24 heavy (non-hydrogen) atoms. The van der Waals surface area contributed by atoms with Crippen LogP contribution in [-0.4, -0.2) is 27.4 Å². The van der Waals surface area contributed by atoms with E-state index in [-0.39, 0.29) is 11.4 Å². The van der Waals surface area contributed by atoms with Crippen LogP contribution in [0, 0.1) is 15.9 Å². The Morgan fingerprint density at radius 2 is 1.79 bits per heavy atom. The predicted molar refractivity (Wildman–Crippen MR) is 87.8 cm³/mol. The van der Waals surface area contributed by atoms with E-state index in [4.69, 9.17) is 0 Å². The maximum atomic E-state index is 13.3. The van der Waals surface area contributed by atoms with Gasteiger partial charge in [-0.1, -0.05) is 12.1 Å². The van der Waals surface area contributed by atoms with E-state index >= 15 is 0 Å². The number of nitro benzene ring substituents is 1. The van der Waals surface area contributed by atoms with Gasteiger partial charge in [0.15, 0.2) is 0 Å². The first-order chi connectivity index (χ1) is 11.2. The molecule has 0 spiro atoms. The molecule has 0 aromatic heterocycles. The minimum atomic E-state index is -3.99. The number of hydrogen-bond donors (Lipinski definition) is 1. The Balaban J connectivity index is 2.17. The fraction of sp³-hybridized carbons (Fsp3) is 0.200. The maximum absolute atomic E-state index is 13.3. The summed E-state index contributed by atoms with van der Waals surface area (Å²) in [6, 6.07) is 9.67. The second-order valence-electron chi connectivity index (χ2n) is 5.26. The van der Waals surface area contributed by atoms with E-state index in [2.05, 4.69) is 4.72 Å². The van der Waals surface area contributed by atoms with E-state index in [1.54, 1.807) is 12.1 Å². The summed E-state index contributed by atoms with van der Waals surface area (Å²) in [5.74, 6) is -1.08. The lowest BCUT2D eigenvalue weighted by Crippen LogP contribution is -2.23. The molecule has 0 amide bonds. The van der Waals surface area contributed by atoms with Crippen molar-refractivity contribution in [3.8, 4) is 0 Å². The molecular weight excluding hydrogens is 337 g/mol. The van der Waals surface area contributed by atoms with Gasteiger partial charge in [0.25, 0.3) is 0 Å². The summed E-state index contributed by atoms with van der Waals surface area (Å²) < 4.78 is 40.0. The number of nitro groups is 1. The number of hydrogen-bond acceptors (Lipinski definition) is 5. The van der Waals surface area contributed by atoms with Crippen molar-refractivity contribution in [1.82, 2.24) is 4.72 Å². The first kappa shape index (κ1) is 17.8. The Hall–Kier alpha value is -2.52. The van der Waals surface area contributed by atoms with Crippen molar-refractivity contribution < 1.29 is 17.7 Å². The molecule has 0 aliphatic carbocycles. The van der Waals surface area contributed by atoms with Crippen LogP contribution >= 0.6 is 0 Å². The van der Waals surface area contributed by atoms with E-state index in [1.807, 2.05) is 31.1 Å². The zero-order valence-electron chi connectivity index (χ0n) is 13.1. The van der Waals surface area contributed by atoms with Crippen LogP contribution in [0.4, 0.5) is 15.8 Å². The molecule has 7 nitrogen and oxygen atoms in total. The topological polar surface area (TPSA) is 92.6 Å². The monoisotopic (exact) mass is 353 g/mol. The molecule has 0 heterocycles. The highest BCUT2D eigenvalue weighted by Crippen LogP contribution is 2.21. The van der Waals surface area contributed by atoms with Gasteiger partial charge in [0.1, 0.15) is 0 Å². The van der Waals surface area contributed by atoms with E-state index < -0.39 is 26.5 Å². The molecule has 2 rings (SSSR count). The molecule has 9 heteroatoms. The maximum Gasteiger partial charge on any atom is 0.306 e. The smallest absolute Gasteiger partial charge is 0.306 e. The molecule has 0 aliphatic heterocycles. The van der Waals surface area contributed by atoms with Crippen molar-refractivity contribution in [3.63, 3.8) is 0 Å². The third kappa shape index (κ3) is 4.06. The third-order valence-electron chi connectivity index (χ3n) is 3.34. The number of nitrogens with zero attached hydrogens (tertiary/aromatic N) is 2.